The Kier molecular flexibility index (Phi) is 8.11. The van der Waals surface area contributed by atoms with E-state index in [4.69, 9.17) is 9.47 Å². The highest BCUT2D eigenvalue weighted by Gasteiger charge is 2.36. The summed E-state index contributed by atoms with van der Waals surface area (Å²) in [6.07, 6.45) is 0.785. The fraction of sp³-hybridized carbons (Fsp3) is 0.464. The first kappa shape index (κ1) is 25.2. The van der Waals surface area contributed by atoms with Crippen molar-refractivity contribution in [1.29, 1.82) is 0 Å². The van der Waals surface area contributed by atoms with Gasteiger partial charge in [0.15, 0.2) is 0 Å². The second kappa shape index (κ2) is 11.2. The summed E-state index contributed by atoms with van der Waals surface area (Å²) in [5, 5.41) is 15.7. The summed E-state index contributed by atoms with van der Waals surface area (Å²) >= 11 is 0. The van der Waals surface area contributed by atoms with E-state index in [1.807, 2.05) is 35.9 Å². The minimum absolute atomic E-state index is 0.588. The van der Waals surface area contributed by atoms with E-state index >= 15 is 0 Å². The second-order valence-corrected chi connectivity index (χ2v) is 9.85. The maximum Gasteiger partial charge on any atom is 0.119 e. The topological polar surface area (TPSA) is 63.0 Å². The number of likely N-dealkylation sites (tertiary alicyclic amines) is 1. The van der Waals surface area contributed by atoms with Gasteiger partial charge in [0.2, 0.25) is 0 Å². The molecule has 7 heteroatoms. The molecule has 1 fully saturated rings. The van der Waals surface area contributed by atoms with E-state index in [-0.39, 0.29) is 0 Å². The number of nitrogens with zero attached hydrogens (tertiary/aromatic N) is 4. The number of aryl methyl sites for hydroxylation is 2. The highest BCUT2D eigenvalue weighted by molar-refractivity contribution is 5.28. The van der Waals surface area contributed by atoms with Crippen molar-refractivity contribution in [2.75, 3.05) is 40.4 Å². The first-order valence-electron chi connectivity index (χ1n) is 12.3. The zero-order valence-corrected chi connectivity index (χ0v) is 21.4. The van der Waals surface area contributed by atoms with Crippen LogP contribution in [0.3, 0.4) is 0 Å². The molecule has 35 heavy (non-hydrogen) atoms. The normalized spacial score (nSPS) is 18.3. The van der Waals surface area contributed by atoms with Crippen LogP contribution < -0.4 is 9.47 Å². The lowest BCUT2D eigenvalue weighted by molar-refractivity contribution is 0.0162. The summed E-state index contributed by atoms with van der Waals surface area (Å²) in [5.74, 6) is 1.73. The minimum Gasteiger partial charge on any atom is -0.497 e. The van der Waals surface area contributed by atoms with Gasteiger partial charge >= 0.3 is 0 Å². The lowest BCUT2D eigenvalue weighted by atomic mass is 10.0. The molecule has 1 aliphatic heterocycles. The molecule has 1 aliphatic rings. The average Bonchev–Trinajstić information content (AvgIpc) is 3.35. The van der Waals surface area contributed by atoms with Crippen LogP contribution in [-0.2, 0) is 19.6 Å². The van der Waals surface area contributed by atoms with Gasteiger partial charge in [0.05, 0.1) is 24.9 Å². The van der Waals surface area contributed by atoms with E-state index in [0.29, 0.717) is 19.7 Å². The number of hydrogen-bond donors (Lipinski definition) is 1. The number of rotatable bonds is 11. The van der Waals surface area contributed by atoms with Gasteiger partial charge in [-0.25, -0.2) is 0 Å². The lowest BCUT2D eigenvalue weighted by Crippen LogP contribution is -2.43. The van der Waals surface area contributed by atoms with Gasteiger partial charge in [0.1, 0.15) is 18.1 Å². The van der Waals surface area contributed by atoms with Gasteiger partial charge < -0.3 is 14.6 Å². The molecule has 1 atom stereocenters. The Morgan fingerprint density at radius 1 is 1.03 bits per heavy atom. The van der Waals surface area contributed by atoms with Crippen molar-refractivity contribution in [2.24, 2.45) is 0 Å². The molecule has 4 rings (SSSR count). The van der Waals surface area contributed by atoms with Gasteiger partial charge in [-0.3, -0.25) is 14.5 Å². The van der Waals surface area contributed by atoms with E-state index in [2.05, 4.69) is 59.2 Å². The second-order valence-electron chi connectivity index (χ2n) is 9.85. The molecule has 0 radical (unpaired) electrons. The predicted octanol–water partition coefficient (Wildman–Crippen LogP) is 3.66. The van der Waals surface area contributed by atoms with Gasteiger partial charge in [-0.15, -0.1) is 0 Å². The van der Waals surface area contributed by atoms with E-state index in [1.54, 1.807) is 7.11 Å². The first-order chi connectivity index (χ1) is 16.8. The molecular formula is C28H38N4O3. The molecule has 0 amide bonds. The molecule has 7 nitrogen and oxygen atoms in total. The molecule has 1 N–H and O–H groups in total. The third kappa shape index (κ3) is 7.07. The van der Waals surface area contributed by atoms with Crippen LogP contribution in [0, 0.1) is 13.8 Å². The molecule has 2 heterocycles. The summed E-state index contributed by atoms with van der Waals surface area (Å²) < 4.78 is 13.1. The highest BCUT2D eigenvalue weighted by Crippen LogP contribution is 2.25. The van der Waals surface area contributed by atoms with Crippen LogP contribution in [0.15, 0.2) is 54.6 Å². The molecule has 1 saturated heterocycles. The van der Waals surface area contributed by atoms with Crippen LogP contribution in [0.4, 0.5) is 0 Å². The summed E-state index contributed by atoms with van der Waals surface area (Å²) in [5.41, 5.74) is 3.94. The van der Waals surface area contributed by atoms with Crippen LogP contribution in [0.2, 0.25) is 0 Å². The van der Waals surface area contributed by atoms with Crippen LogP contribution in [0.5, 0.6) is 11.5 Å². The fourth-order valence-corrected chi connectivity index (χ4v) is 4.91. The Morgan fingerprint density at radius 2 is 1.71 bits per heavy atom. The quantitative estimate of drug-likeness (QED) is 0.454. The van der Waals surface area contributed by atoms with Gasteiger partial charge in [0.25, 0.3) is 0 Å². The molecule has 1 unspecified atom stereocenters. The Labute approximate surface area is 208 Å². The zero-order valence-electron chi connectivity index (χ0n) is 21.4. The summed E-state index contributed by atoms with van der Waals surface area (Å²) in [4.78, 5) is 4.53. The predicted molar refractivity (Wildman–Crippen MR) is 138 cm³/mol. The molecule has 188 valence electrons. The fourth-order valence-electron chi connectivity index (χ4n) is 4.91. The van der Waals surface area contributed by atoms with Crippen molar-refractivity contribution >= 4 is 0 Å². The van der Waals surface area contributed by atoms with Crippen molar-refractivity contribution in [3.8, 4) is 11.5 Å². The zero-order chi connectivity index (χ0) is 24.8. The largest absolute Gasteiger partial charge is 0.497 e. The van der Waals surface area contributed by atoms with Crippen LogP contribution in [-0.4, -0.2) is 70.7 Å². The molecule has 0 saturated carbocycles. The third-order valence-electron chi connectivity index (χ3n) is 6.59. The van der Waals surface area contributed by atoms with Crippen molar-refractivity contribution in [3.05, 3.63) is 77.1 Å². The SMILES string of the molecule is COc1ccc(CN(C)CC2(O)CCN(Cc3ccc(OCCn4nc(C)cc4C)cc3)C2)cc1. The van der Waals surface area contributed by atoms with Gasteiger partial charge in [0, 0.05) is 38.4 Å². The number of hydrogen-bond acceptors (Lipinski definition) is 6. The Hall–Kier alpha value is -2.87. The number of methoxy groups -OCH3 is 1. The van der Waals surface area contributed by atoms with Gasteiger partial charge in [-0.2, -0.15) is 5.10 Å². The third-order valence-corrected chi connectivity index (χ3v) is 6.59. The van der Waals surface area contributed by atoms with Crippen molar-refractivity contribution in [3.63, 3.8) is 0 Å². The Morgan fingerprint density at radius 3 is 2.37 bits per heavy atom. The van der Waals surface area contributed by atoms with E-state index in [9.17, 15) is 5.11 Å². The monoisotopic (exact) mass is 478 g/mol. The molecule has 3 aromatic rings. The van der Waals surface area contributed by atoms with Crippen LogP contribution >= 0.6 is 0 Å². The van der Waals surface area contributed by atoms with Gasteiger partial charge in [-0.05, 0) is 68.8 Å². The van der Waals surface area contributed by atoms with E-state index in [1.165, 1.54) is 11.1 Å². The summed E-state index contributed by atoms with van der Waals surface area (Å²) in [6.45, 7) is 9.25. The van der Waals surface area contributed by atoms with E-state index in [0.717, 1.165) is 55.5 Å². The van der Waals surface area contributed by atoms with Crippen molar-refractivity contribution < 1.29 is 14.6 Å². The number of likely N-dealkylation sites (N-methyl/N-ethyl adjacent to an activating group) is 1. The maximum absolute atomic E-state index is 11.2. The smallest absolute Gasteiger partial charge is 0.119 e. The molecule has 0 bridgehead atoms. The summed E-state index contributed by atoms with van der Waals surface area (Å²) in [7, 11) is 3.74. The number of aromatic nitrogens is 2. The minimum atomic E-state index is -0.687. The molecular weight excluding hydrogens is 440 g/mol. The molecule has 0 spiro atoms. The Bertz CT molecular complexity index is 1080. The maximum atomic E-state index is 11.2. The number of aliphatic hydroxyl groups is 1. The van der Waals surface area contributed by atoms with Crippen LogP contribution in [0.25, 0.3) is 0 Å². The number of ether oxygens (including phenoxy) is 2. The number of benzene rings is 2. The average molecular weight is 479 g/mol. The van der Waals surface area contributed by atoms with Crippen molar-refractivity contribution in [1.82, 2.24) is 19.6 Å². The summed E-state index contributed by atoms with van der Waals surface area (Å²) in [6, 6.07) is 18.5. The Balaban J connectivity index is 1.21. The molecule has 2 aromatic carbocycles. The van der Waals surface area contributed by atoms with Gasteiger partial charge in [-0.1, -0.05) is 24.3 Å². The standard InChI is InChI=1S/C28H38N4O3/c1-22-17-23(2)32(29-22)15-16-35-27-11-7-25(8-12-27)19-31-14-13-28(33,21-31)20-30(3)18-24-5-9-26(34-4)10-6-24/h5-12,17,33H,13-16,18-21H2,1-4H3. The highest BCUT2D eigenvalue weighted by atomic mass is 16.5. The number of β-amino-alcohol motifs (C(OH)–C–C–N with tert-alkyl or cyclic N) is 1. The molecule has 1 aromatic heterocycles. The van der Waals surface area contributed by atoms with Crippen molar-refractivity contribution in [2.45, 2.75) is 45.5 Å². The lowest BCUT2D eigenvalue weighted by Gasteiger charge is -2.29. The van der Waals surface area contributed by atoms with Crippen LogP contribution in [0.1, 0.15) is 28.9 Å². The molecule has 0 aliphatic carbocycles. The first-order valence-corrected chi connectivity index (χ1v) is 12.3. The van der Waals surface area contributed by atoms with E-state index < -0.39 is 5.60 Å².